The Morgan fingerprint density at radius 1 is 1.24 bits per heavy atom. The van der Waals surface area contributed by atoms with Gasteiger partial charge in [-0.1, -0.05) is 26.0 Å². The molecular weight excluding hydrogens is 354 g/mol. The molecule has 6 heteroatoms. The van der Waals surface area contributed by atoms with Gasteiger partial charge in [0.1, 0.15) is 4.88 Å². The van der Waals surface area contributed by atoms with Crippen molar-refractivity contribution in [3.8, 4) is 0 Å². The van der Waals surface area contributed by atoms with E-state index in [-0.39, 0.29) is 11.9 Å². The third-order valence-electron chi connectivity index (χ3n) is 3.30. The van der Waals surface area contributed by atoms with Gasteiger partial charge in [-0.3, -0.25) is 4.79 Å². The minimum absolute atomic E-state index is 0.0964. The molecule has 134 valence electrons. The van der Waals surface area contributed by atoms with Crippen LogP contribution in [0.1, 0.15) is 41.6 Å². The summed E-state index contributed by atoms with van der Waals surface area (Å²) in [7, 11) is 0. The van der Waals surface area contributed by atoms with Gasteiger partial charge in [0.05, 0.1) is 18.0 Å². The first-order valence-electron chi connectivity index (χ1n) is 8.22. The van der Waals surface area contributed by atoms with Crippen LogP contribution in [0.25, 0.3) is 0 Å². The second-order valence-corrected chi connectivity index (χ2v) is 8.58. The predicted molar refractivity (Wildman–Crippen MR) is 105 cm³/mol. The lowest BCUT2D eigenvalue weighted by Crippen LogP contribution is -2.13. The molecule has 0 saturated carbocycles. The van der Waals surface area contributed by atoms with Crippen molar-refractivity contribution in [1.29, 1.82) is 0 Å². The van der Waals surface area contributed by atoms with E-state index in [2.05, 4.69) is 19.2 Å². The van der Waals surface area contributed by atoms with Crippen LogP contribution in [0.2, 0.25) is 0 Å². The van der Waals surface area contributed by atoms with Crippen molar-refractivity contribution >= 4 is 40.0 Å². The molecule has 1 aromatic heterocycles. The van der Waals surface area contributed by atoms with Crippen molar-refractivity contribution in [2.24, 2.45) is 0 Å². The summed E-state index contributed by atoms with van der Waals surface area (Å²) in [5.41, 5.74) is 1.78. The van der Waals surface area contributed by atoms with Crippen LogP contribution in [-0.2, 0) is 16.0 Å². The van der Waals surface area contributed by atoms with E-state index >= 15 is 0 Å². The molecule has 0 fully saturated rings. The first-order valence-corrected chi connectivity index (χ1v) is 9.91. The number of thioether (sulfide) groups is 1. The summed E-state index contributed by atoms with van der Waals surface area (Å²) in [6.45, 7) is 8.25. The molecule has 1 heterocycles. The predicted octanol–water partition coefficient (Wildman–Crippen LogP) is 4.91. The number of carbonyl (C=O) groups is 2. The van der Waals surface area contributed by atoms with Gasteiger partial charge in [-0.2, -0.15) is 0 Å². The number of thiophene rings is 1. The number of benzene rings is 1. The molecule has 1 amide bonds. The van der Waals surface area contributed by atoms with Crippen LogP contribution in [0.15, 0.2) is 35.2 Å². The van der Waals surface area contributed by atoms with Crippen LogP contribution in [0.4, 0.5) is 5.00 Å². The Hall–Kier alpha value is -1.79. The van der Waals surface area contributed by atoms with Crippen molar-refractivity contribution in [2.45, 2.75) is 44.3 Å². The van der Waals surface area contributed by atoms with Crippen molar-refractivity contribution in [1.82, 2.24) is 0 Å². The van der Waals surface area contributed by atoms with E-state index in [9.17, 15) is 9.59 Å². The lowest BCUT2D eigenvalue weighted by Gasteiger charge is -2.06. The maximum atomic E-state index is 12.2. The van der Waals surface area contributed by atoms with Crippen LogP contribution < -0.4 is 5.32 Å². The monoisotopic (exact) mass is 377 g/mol. The van der Waals surface area contributed by atoms with Crippen LogP contribution in [0.5, 0.6) is 0 Å². The fraction of sp³-hybridized carbons (Fsp3) is 0.368. The summed E-state index contributed by atoms with van der Waals surface area (Å²) in [4.78, 5) is 25.8. The lowest BCUT2D eigenvalue weighted by atomic mass is 10.1. The van der Waals surface area contributed by atoms with E-state index in [1.54, 1.807) is 24.8 Å². The number of rotatable bonds is 7. The topological polar surface area (TPSA) is 55.4 Å². The van der Waals surface area contributed by atoms with Gasteiger partial charge in [-0.15, -0.1) is 23.1 Å². The summed E-state index contributed by atoms with van der Waals surface area (Å²) in [6, 6.07) is 9.85. The quantitative estimate of drug-likeness (QED) is 0.550. The van der Waals surface area contributed by atoms with Gasteiger partial charge in [0.25, 0.3) is 0 Å². The first-order chi connectivity index (χ1) is 11.9. The van der Waals surface area contributed by atoms with Crippen molar-refractivity contribution < 1.29 is 14.3 Å². The summed E-state index contributed by atoms with van der Waals surface area (Å²) in [5.74, 6) is -0.440. The fourth-order valence-electron chi connectivity index (χ4n) is 2.27. The molecule has 0 bridgehead atoms. The number of hydrogen-bond donors (Lipinski definition) is 1. The number of esters is 1. The number of anilines is 1. The minimum atomic E-state index is -0.344. The van der Waals surface area contributed by atoms with Gasteiger partial charge < -0.3 is 10.1 Å². The van der Waals surface area contributed by atoms with Crippen molar-refractivity contribution in [3.05, 3.63) is 46.3 Å². The molecule has 1 aromatic carbocycles. The maximum absolute atomic E-state index is 12.2. The van der Waals surface area contributed by atoms with Crippen LogP contribution >= 0.6 is 23.1 Å². The summed E-state index contributed by atoms with van der Waals surface area (Å²) in [6.07, 6.45) is 0.304. The molecule has 0 unspecified atom stereocenters. The Morgan fingerprint density at radius 3 is 2.52 bits per heavy atom. The number of hydrogen-bond acceptors (Lipinski definition) is 5. The zero-order valence-electron chi connectivity index (χ0n) is 14.9. The second kappa shape index (κ2) is 9.06. The molecule has 1 N–H and O–H groups in total. The Kier molecular flexibility index (Phi) is 7.08. The normalized spacial score (nSPS) is 10.8. The summed E-state index contributed by atoms with van der Waals surface area (Å²) < 4.78 is 5.02. The summed E-state index contributed by atoms with van der Waals surface area (Å²) in [5, 5.41) is 4.06. The molecule has 4 nitrogen and oxygen atoms in total. The van der Waals surface area contributed by atoms with E-state index in [1.807, 2.05) is 31.2 Å². The highest BCUT2D eigenvalue weighted by Crippen LogP contribution is 2.28. The third kappa shape index (κ3) is 5.90. The molecule has 2 rings (SSSR count). The Balaban J connectivity index is 1.96. The minimum Gasteiger partial charge on any atom is -0.462 e. The smallest absolute Gasteiger partial charge is 0.348 e. The third-order valence-corrected chi connectivity index (χ3v) is 5.45. The zero-order valence-corrected chi connectivity index (χ0v) is 16.6. The highest BCUT2D eigenvalue weighted by molar-refractivity contribution is 7.99. The highest BCUT2D eigenvalue weighted by atomic mass is 32.2. The molecule has 25 heavy (non-hydrogen) atoms. The number of carbonyl (C=O) groups excluding carboxylic acids is 2. The molecule has 2 aromatic rings. The van der Waals surface area contributed by atoms with Gasteiger partial charge >= 0.3 is 5.97 Å². The molecular formula is C19H23NO3S2. The maximum Gasteiger partial charge on any atom is 0.348 e. The van der Waals surface area contributed by atoms with Crippen molar-refractivity contribution in [2.75, 3.05) is 11.9 Å². The van der Waals surface area contributed by atoms with Crippen molar-refractivity contribution in [3.63, 3.8) is 0 Å². The van der Waals surface area contributed by atoms with Crippen LogP contribution in [-0.4, -0.2) is 23.7 Å². The van der Waals surface area contributed by atoms with Gasteiger partial charge in [-0.05, 0) is 43.2 Å². The van der Waals surface area contributed by atoms with E-state index in [0.717, 1.165) is 11.1 Å². The second-order valence-electron chi connectivity index (χ2n) is 5.88. The van der Waals surface area contributed by atoms with Gasteiger partial charge in [0.15, 0.2) is 0 Å². The van der Waals surface area contributed by atoms with Crippen LogP contribution in [0, 0.1) is 6.92 Å². The number of aryl methyl sites for hydroxylation is 1. The van der Waals surface area contributed by atoms with E-state index in [0.29, 0.717) is 28.2 Å². The van der Waals surface area contributed by atoms with Crippen LogP contribution in [0.3, 0.4) is 0 Å². The average Bonchev–Trinajstić information content (AvgIpc) is 2.89. The van der Waals surface area contributed by atoms with E-state index in [1.165, 1.54) is 16.2 Å². The average molecular weight is 378 g/mol. The molecule has 0 spiro atoms. The largest absolute Gasteiger partial charge is 0.462 e. The van der Waals surface area contributed by atoms with Gasteiger partial charge in [0, 0.05) is 10.1 Å². The highest BCUT2D eigenvalue weighted by Gasteiger charge is 2.16. The Bertz CT molecular complexity index is 736. The summed E-state index contributed by atoms with van der Waals surface area (Å²) >= 11 is 3.04. The van der Waals surface area contributed by atoms with Gasteiger partial charge in [0.2, 0.25) is 5.91 Å². The SMILES string of the molecule is CCOC(=O)c1sc(NC(=O)Cc2ccc(SC(C)C)cc2)cc1C. The fourth-order valence-corrected chi connectivity index (χ4v) is 4.09. The molecule has 0 aliphatic rings. The molecule has 0 saturated heterocycles. The zero-order chi connectivity index (χ0) is 18.4. The number of ether oxygens (including phenoxy) is 1. The van der Waals surface area contributed by atoms with E-state index < -0.39 is 0 Å². The number of nitrogens with one attached hydrogen (secondary N) is 1. The molecule has 0 aliphatic carbocycles. The lowest BCUT2D eigenvalue weighted by molar-refractivity contribution is -0.115. The standard InChI is InChI=1S/C19H23NO3S2/c1-5-23-19(22)18-13(4)10-17(25-18)20-16(21)11-14-6-8-15(9-7-14)24-12(2)3/h6-10,12H,5,11H2,1-4H3,(H,20,21). The molecule has 0 radical (unpaired) electrons. The first kappa shape index (κ1) is 19.5. The number of amides is 1. The Labute approximate surface area is 157 Å². The molecule has 0 atom stereocenters. The molecule has 0 aliphatic heterocycles. The van der Waals surface area contributed by atoms with Gasteiger partial charge in [-0.25, -0.2) is 4.79 Å². The Morgan fingerprint density at radius 2 is 1.92 bits per heavy atom. The van der Waals surface area contributed by atoms with E-state index in [4.69, 9.17) is 4.74 Å².